The molecule has 27 heavy (non-hydrogen) atoms. The second-order valence-electron chi connectivity index (χ2n) is 6.40. The number of hydrogen-bond acceptors (Lipinski definition) is 4. The Labute approximate surface area is 169 Å². The summed E-state index contributed by atoms with van der Waals surface area (Å²) in [5, 5.41) is 9.38. The highest BCUT2D eigenvalue weighted by Gasteiger charge is 2.16. The number of benzene rings is 1. The van der Waals surface area contributed by atoms with E-state index in [4.69, 9.17) is 16.0 Å². The van der Waals surface area contributed by atoms with Gasteiger partial charge in [-0.15, -0.1) is 12.4 Å². The van der Waals surface area contributed by atoms with Gasteiger partial charge in [0.25, 0.3) is 5.91 Å². The quantitative estimate of drug-likeness (QED) is 0.660. The SMILES string of the molecule is Cl.O=C(CCC1CCNCC1)Nc1ccc(Cl)cc1NC(=O)c1ccco1. The molecule has 8 heteroatoms. The first-order valence-corrected chi connectivity index (χ1v) is 9.14. The van der Waals surface area contributed by atoms with Gasteiger partial charge < -0.3 is 20.4 Å². The van der Waals surface area contributed by atoms with Crippen molar-refractivity contribution in [3.63, 3.8) is 0 Å². The van der Waals surface area contributed by atoms with Crippen LogP contribution in [0.15, 0.2) is 41.0 Å². The molecule has 1 saturated heterocycles. The van der Waals surface area contributed by atoms with E-state index < -0.39 is 5.91 Å². The van der Waals surface area contributed by atoms with Crippen LogP contribution in [0.25, 0.3) is 0 Å². The Bertz CT molecular complexity index is 760. The molecule has 0 bridgehead atoms. The third-order valence-corrected chi connectivity index (χ3v) is 4.72. The molecule has 0 spiro atoms. The molecule has 1 aromatic carbocycles. The van der Waals surface area contributed by atoms with Crippen LogP contribution in [0.2, 0.25) is 5.02 Å². The summed E-state index contributed by atoms with van der Waals surface area (Å²) < 4.78 is 5.09. The van der Waals surface area contributed by atoms with E-state index in [0.29, 0.717) is 28.7 Å². The topological polar surface area (TPSA) is 83.4 Å². The summed E-state index contributed by atoms with van der Waals surface area (Å²) in [6.45, 7) is 2.04. The zero-order valence-corrected chi connectivity index (χ0v) is 16.4. The fraction of sp³-hybridized carbons (Fsp3) is 0.368. The van der Waals surface area contributed by atoms with E-state index in [-0.39, 0.29) is 24.1 Å². The largest absolute Gasteiger partial charge is 0.459 e. The molecule has 1 aromatic heterocycles. The highest BCUT2D eigenvalue weighted by molar-refractivity contribution is 6.31. The number of anilines is 2. The lowest BCUT2D eigenvalue weighted by atomic mass is 9.93. The van der Waals surface area contributed by atoms with E-state index in [2.05, 4.69) is 16.0 Å². The standard InChI is InChI=1S/C19H22ClN3O3.ClH/c20-14-4-5-15(16(12-14)23-19(25)17-2-1-11-26-17)22-18(24)6-3-13-7-9-21-10-8-13;/h1-2,4-5,11-13,21H,3,6-10H2,(H,22,24)(H,23,25);1H. The van der Waals surface area contributed by atoms with Crippen molar-refractivity contribution in [2.45, 2.75) is 25.7 Å². The third kappa shape index (κ3) is 6.27. The fourth-order valence-electron chi connectivity index (χ4n) is 3.04. The molecule has 0 atom stereocenters. The van der Waals surface area contributed by atoms with Crippen LogP contribution in [-0.2, 0) is 4.79 Å². The molecule has 0 aliphatic carbocycles. The van der Waals surface area contributed by atoms with Crippen LogP contribution in [0.4, 0.5) is 11.4 Å². The number of piperidine rings is 1. The molecular formula is C19H23Cl2N3O3. The monoisotopic (exact) mass is 411 g/mol. The zero-order chi connectivity index (χ0) is 18.4. The number of rotatable bonds is 6. The van der Waals surface area contributed by atoms with Crippen molar-refractivity contribution in [3.8, 4) is 0 Å². The minimum atomic E-state index is -0.400. The molecule has 1 aliphatic heterocycles. The Morgan fingerprint density at radius 3 is 2.63 bits per heavy atom. The lowest BCUT2D eigenvalue weighted by molar-refractivity contribution is -0.116. The van der Waals surface area contributed by atoms with Gasteiger partial charge in [-0.2, -0.15) is 0 Å². The van der Waals surface area contributed by atoms with E-state index in [1.807, 2.05) is 0 Å². The molecule has 0 unspecified atom stereocenters. The smallest absolute Gasteiger partial charge is 0.291 e. The van der Waals surface area contributed by atoms with Crippen LogP contribution in [-0.4, -0.2) is 24.9 Å². The van der Waals surface area contributed by atoms with Gasteiger partial charge in [-0.1, -0.05) is 11.6 Å². The highest BCUT2D eigenvalue weighted by Crippen LogP contribution is 2.27. The first-order chi connectivity index (χ1) is 12.6. The van der Waals surface area contributed by atoms with E-state index in [9.17, 15) is 9.59 Å². The first kappa shape index (κ1) is 21.3. The van der Waals surface area contributed by atoms with Gasteiger partial charge in [-0.3, -0.25) is 9.59 Å². The maximum absolute atomic E-state index is 12.3. The summed E-state index contributed by atoms with van der Waals surface area (Å²) in [6, 6.07) is 8.16. The molecule has 2 aromatic rings. The molecule has 6 nitrogen and oxygen atoms in total. The minimum absolute atomic E-state index is 0. The van der Waals surface area contributed by atoms with E-state index in [1.54, 1.807) is 30.3 Å². The molecule has 0 radical (unpaired) electrons. The molecule has 2 amide bonds. The van der Waals surface area contributed by atoms with E-state index >= 15 is 0 Å². The van der Waals surface area contributed by atoms with Gasteiger partial charge in [0.05, 0.1) is 17.6 Å². The van der Waals surface area contributed by atoms with Crippen molar-refractivity contribution in [1.82, 2.24) is 5.32 Å². The number of furan rings is 1. The average molecular weight is 412 g/mol. The van der Waals surface area contributed by atoms with Gasteiger partial charge >= 0.3 is 0 Å². The fourth-order valence-corrected chi connectivity index (χ4v) is 3.21. The lowest BCUT2D eigenvalue weighted by Gasteiger charge is -2.22. The number of carbonyl (C=O) groups is 2. The number of halogens is 2. The Balaban J connectivity index is 0.00000261. The second-order valence-corrected chi connectivity index (χ2v) is 6.84. The summed E-state index contributed by atoms with van der Waals surface area (Å²) in [5.41, 5.74) is 0.957. The van der Waals surface area contributed by atoms with Gasteiger partial charge in [-0.25, -0.2) is 0 Å². The minimum Gasteiger partial charge on any atom is -0.459 e. The molecule has 146 valence electrons. The predicted octanol–water partition coefficient (Wildman–Crippen LogP) is 4.33. The van der Waals surface area contributed by atoms with Gasteiger partial charge in [0, 0.05) is 11.4 Å². The van der Waals surface area contributed by atoms with Gasteiger partial charge in [0.15, 0.2) is 5.76 Å². The molecule has 3 N–H and O–H groups in total. The van der Waals surface area contributed by atoms with Crippen LogP contribution in [0, 0.1) is 5.92 Å². The summed E-state index contributed by atoms with van der Waals surface area (Å²) in [5.74, 6) is 0.306. The van der Waals surface area contributed by atoms with Crippen LogP contribution in [0.5, 0.6) is 0 Å². The van der Waals surface area contributed by atoms with E-state index in [0.717, 1.165) is 32.4 Å². The Morgan fingerprint density at radius 1 is 1.15 bits per heavy atom. The molecule has 0 saturated carbocycles. The van der Waals surface area contributed by atoms with Gasteiger partial charge in [0.1, 0.15) is 0 Å². The van der Waals surface area contributed by atoms with E-state index in [1.165, 1.54) is 6.26 Å². The summed E-state index contributed by atoms with van der Waals surface area (Å²) in [6.07, 6.45) is 4.97. The van der Waals surface area contributed by atoms with Crippen LogP contribution in [0.1, 0.15) is 36.2 Å². The molecular weight excluding hydrogens is 389 g/mol. The average Bonchev–Trinajstić information content (AvgIpc) is 3.18. The summed E-state index contributed by atoms with van der Waals surface area (Å²) >= 11 is 6.03. The Kier molecular flexibility index (Phi) is 8.16. The predicted molar refractivity (Wildman–Crippen MR) is 109 cm³/mol. The summed E-state index contributed by atoms with van der Waals surface area (Å²) in [4.78, 5) is 24.5. The second kappa shape index (κ2) is 10.3. The van der Waals surface area contributed by atoms with Gasteiger partial charge in [0.2, 0.25) is 5.91 Å². The maximum atomic E-state index is 12.3. The number of hydrogen-bond donors (Lipinski definition) is 3. The molecule has 1 fully saturated rings. The first-order valence-electron chi connectivity index (χ1n) is 8.77. The number of nitrogens with one attached hydrogen (secondary N) is 3. The van der Waals surface area contributed by atoms with Crippen molar-refractivity contribution in [3.05, 3.63) is 47.4 Å². The van der Waals surface area contributed by atoms with Crippen LogP contribution >= 0.6 is 24.0 Å². The van der Waals surface area contributed by atoms with Crippen molar-refractivity contribution in [1.29, 1.82) is 0 Å². The van der Waals surface area contributed by atoms with Crippen LogP contribution in [0.3, 0.4) is 0 Å². The Hall–Kier alpha value is -2.02. The number of amides is 2. The molecule has 3 rings (SSSR count). The summed E-state index contributed by atoms with van der Waals surface area (Å²) in [7, 11) is 0. The normalized spacial score (nSPS) is 14.3. The highest BCUT2D eigenvalue weighted by atomic mass is 35.5. The maximum Gasteiger partial charge on any atom is 0.291 e. The third-order valence-electron chi connectivity index (χ3n) is 4.49. The van der Waals surface area contributed by atoms with Crippen molar-refractivity contribution >= 4 is 47.2 Å². The zero-order valence-electron chi connectivity index (χ0n) is 14.8. The van der Waals surface area contributed by atoms with Crippen molar-refractivity contribution in [2.75, 3.05) is 23.7 Å². The molecule has 1 aliphatic rings. The molecule has 2 heterocycles. The van der Waals surface area contributed by atoms with Crippen molar-refractivity contribution < 1.29 is 14.0 Å². The van der Waals surface area contributed by atoms with Gasteiger partial charge in [-0.05, 0) is 68.6 Å². The Morgan fingerprint density at radius 2 is 1.93 bits per heavy atom. The van der Waals surface area contributed by atoms with Crippen LogP contribution < -0.4 is 16.0 Å². The number of carbonyl (C=O) groups excluding carboxylic acids is 2. The lowest BCUT2D eigenvalue weighted by Crippen LogP contribution is -2.28. The van der Waals surface area contributed by atoms with Crippen molar-refractivity contribution in [2.24, 2.45) is 5.92 Å².